The number of aliphatic hydroxyl groups is 3. The molecule has 1 aromatic carbocycles. The number of hydrogen-bond acceptors (Lipinski definition) is 16. The van der Waals surface area contributed by atoms with E-state index in [4.69, 9.17) is 33.2 Å². The first kappa shape index (κ1) is 59.3. The Morgan fingerprint density at radius 3 is 2.18 bits per heavy atom. The first-order valence-electron chi connectivity index (χ1n) is 26.8. The third-order valence-corrected chi connectivity index (χ3v) is 16.5. The third kappa shape index (κ3) is 13.8. The Hall–Kier alpha value is -3.95. The molecule has 0 amide bonds. The van der Waals surface area contributed by atoms with Crippen molar-refractivity contribution in [2.75, 3.05) is 21.3 Å². The first-order chi connectivity index (χ1) is 34.8. The molecular formula is C56H87N5O13. The molecule has 3 fully saturated rings. The van der Waals surface area contributed by atoms with E-state index in [0.717, 1.165) is 49.2 Å². The zero-order chi connectivity index (χ0) is 54.4. The number of carbonyl (C=O) groups excluding carboxylic acids is 2. The van der Waals surface area contributed by atoms with Crippen molar-refractivity contribution in [2.45, 2.75) is 219 Å². The molecule has 17 atom stereocenters. The standard InChI is InChI=1S/C56H87N5O13/c1-15-44-56(11,67)50(64)36(5)48(63)34(3)28-55(10,69-14)52(37(6)49(38(7)53(66)72-44)73-47-29-54(9,68-13)51(65)39(8)71-47)74-46-27-43(26-35(4)70-46)59(12)31-41-32-60(58-57-41)25-17-16-18-40-20-22-42(23-21-40)61-30-33(2)19-24-45(61)62/h19-24,30,32,34-39,43-44,46-47,49-52,64-65,67H,15-18,25-29,31H2,1-14H3/t34-,35-,36?,37+,38-,39+,43+,44?,46?,47?,49-,50-,51+,52-,54-,55+,56-/m1/s1. The monoisotopic (exact) mass is 1040 g/mol. The second-order valence-electron chi connectivity index (χ2n) is 22.5. The van der Waals surface area contributed by atoms with Gasteiger partial charge in [0.05, 0.1) is 53.3 Å². The number of aromatic nitrogens is 4. The van der Waals surface area contributed by atoms with E-state index in [1.807, 2.05) is 63.0 Å². The number of aliphatic hydroxyl groups excluding tert-OH is 2. The number of unbranched alkanes of at least 4 members (excludes halogenated alkanes) is 1. The number of ether oxygens (including phenoxy) is 7. The number of hydrogen-bond donors (Lipinski definition) is 3. The van der Waals surface area contributed by atoms with E-state index in [2.05, 4.69) is 34.4 Å². The van der Waals surface area contributed by atoms with Crippen molar-refractivity contribution in [2.24, 2.45) is 23.7 Å². The minimum absolute atomic E-state index is 0.00489. The van der Waals surface area contributed by atoms with Crippen LogP contribution in [0.2, 0.25) is 0 Å². The largest absolute Gasteiger partial charge is 0.459 e. The highest BCUT2D eigenvalue weighted by atomic mass is 16.7. The molecule has 3 aromatic rings. The van der Waals surface area contributed by atoms with Crippen LogP contribution in [-0.4, -0.2) is 151 Å². The van der Waals surface area contributed by atoms with Crippen LogP contribution >= 0.6 is 0 Å². The fraction of sp³-hybridized carbons (Fsp3) is 0.732. The predicted molar refractivity (Wildman–Crippen MR) is 277 cm³/mol. The molecule has 3 aliphatic heterocycles. The Labute approximate surface area is 438 Å². The van der Waals surface area contributed by atoms with Crippen molar-refractivity contribution in [3.63, 3.8) is 0 Å². The van der Waals surface area contributed by atoms with Gasteiger partial charge >= 0.3 is 5.97 Å². The van der Waals surface area contributed by atoms with Gasteiger partial charge in [-0.25, -0.2) is 0 Å². The van der Waals surface area contributed by atoms with Crippen molar-refractivity contribution >= 4 is 11.8 Å². The molecule has 0 bridgehead atoms. The van der Waals surface area contributed by atoms with Crippen molar-refractivity contribution in [1.82, 2.24) is 24.5 Å². The number of carbonyl (C=O) groups is 2. The fourth-order valence-electron chi connectivity index (χ4n) is 11.6. The number of Topliss-reactive ketones (excluding diaryl/α,β-unsaturated/α-hetero) is 1. The van der Waals surface area contributed by atoms with Gasteiger partial charge in [-0.05, 0) is 117 Å². The van der Waals surface area contributed by atoms with Crippen LogP contribution in [-0.2, 0) is 62.3 Å². The summed E-state index contributed by atoms with van der Waals surface area (Å²) < 4.78 is 48.8. The van der Waals surface area contributed by atoms with Crippen LogP contribution < -0.4 is 5.56 Å². The maximum atomic E-state index is 14.5. The topological polar surface area (TPSA) is 215 Å². The van der Waals surface area contributed by atoms with Crippen LogP contribution in [0.5, 0.6) is 0 Å². The molecule has 2 aromatic heterocycles. The van der Waals surface area contributed by atoms with Crippen molar-refractivity contribution in [3.8, 4) is 5.69 Å². The van der Waals surface area contributed by atoms with Crippen LogP contribution in [0.25, 0.3) is 5.69 Å². The van der Waals surface area contributed by atoms with E-state index in [1.54, 1.807) is 59.3 Å². The highest BCUT2D eigenvalue weighted by Gasteiger charge is 2.53. The molecule has 3 aliphatic rings. The van der Waals surface area contributed by atoms with E-state index in [0.29, 0.717) is 13.0 Å². The molecule has 0 spiro atoms. The lowest BCUT2D eigenvalue weighted by Gasteiger charge is -2.49. The molecule has 414 valence electrons. The summed E-state index contributed by atoms with van der Waals surface area (Å²) in [6.07, 6.45) is 0.136. The normalized spacial score (nSPS) is 36.9. The van der Waals surface area contributed by atoms with E-state index in [9.17, 15) is 29.7 Å². The van der Waals surface area contributed by atoms with Crippen LogP contribution in [0.1, 0.15) is 131 Å². The maximum Gasteiger partial charge on any atom is 0.311 e. The zero-order valence-corrected chi connectivity index (χ0v) is 46.4. The molecule has 3 saturated heterocycles. The van der Waals surface area contributed by atoms with E-state index in [1.165, 1.54) is 19.6 Å². The summed E-state index contributed by atoms with van der Waals surface area (Å²) in [7, 11) is 5.14. The van der Waals surface area contributed by atoms with E-state index in [-0.39, 0.29) is 42.8 Å². The number of aryl methyl sites for hydroxylation is 3. The second kappa shape index (κ2) is 25.0. The van der Waals surface area contributed by atoms with Gasteiger partial charge in [-0.2, -0.15) is 0 Å². The summed E-state index contributed by atoms with van der Waals surface area (Å²) in [6, 6.07) is 11.5. The smallest absolute Gasteiger partial charge is 0.311 e. The number of pyridine rings is 1. The maximum absolute atomic E-state index is 14.5. The van der Waals surface area contributed by atoms with Gasteiger partial charge in [0.15, 0.2) is 12.6 Å². The zero-order valence-electron chi connectivity index (χ0n) is 46.4. The molecule has 0 radical (unpaired) electrons. The molecule has 4 unspecified atom stereocenters. The van der Waals surface area contributed by atoms with Crippen LogP contribution in [0.15, 0.2) is 53.6 Å². The van der Waals surface area contributed by atoms with Crippen molar-refractivity contribution < 1.29 is 58.1 Å². The van der Waals surface area contributed by atoms with Gasteiger partial charge in [0.2, 0.25) is 0 Å². The van der Waals surface area contributed by atoms with Crippen LogP contribution in [0.3, 0.4) is 0 Å². The lowest BCUT2D eigenvalue weighted by Crippen LogP contribution is -2.60. The Bertz CT molecular complexity index is 2360. The molecule has 18 heteroatoms. The highest BCUT2D eigenvalue weighted by Crippen LogP contribution is 2.42. The Kier molecular flexibility index (Phi) is 20.0. The van der Waals surface area contributed by atoms with Crippen LogP contribution in [0.4, 0.5) is 0 Å². The molecule has 0 saturated carbocycles. The number of nitrogens with zero attached hydrogens (tertiary/aromatic N) is 5. The highest BCUT2D eigenvalue weighted by molar-refractivity contribution is 5.83. The number of esters is 1. The summed E-state index contributed by atoms with van der Waals surface area (Å²) in [5, 5.41) is 43.5. The average Bonchev–Trinajstić information content (AvgIpc) is 3.82. The lowest BCUT2D eigenvalue weighted by molar-refractivity contribution is -0.309. The quantitative estimate of drug-likeness (QED) is 0.109. The SMILES string of the molecule is CCC1OC(=O)[C@H](C)[C@H](OC2C[C@@](C)(OC)[C@@H](O)[C@H](C)O2)[C@H](C)[C@@H](OC2C[C@@H](N(C)Cc3cn(CCCCc4ccc(-n5cc(C)ccc5=O)cc4)nn3)C[C@@H](C)O2)[C@@](C)(OC)C[C@@H](C)C(=O)C(C)[C@@H](O)[C@]1(C)O. The predicted octanol–water partition coefficient (Wildman–Crippen LogP) is 6.11. The number of rotatable bonds is 16. The second-order valence-corrected chi connectivity index (χ2v) is 22.5. The van der Waals surface area contributed by atoms with Gasteiger partial charge in [-0.1, -0.05) is 51.1 Å². The number of benzene rings is 1. The third-order valence-electron chi connectivity index (χ3n) is 16.5. The van der Waals surface area contributed by atoms with Gasteiger partial charge in [-0.3, -0.25) is 28.5 Å². The first-order valence-corrected chi connectivity index (χ1v) is 26.8. The number of methoxy groups -OCH3 is 2. The van der Waals surface area contributed by atoms with Crippen LogP contribution in [0, 0.1) is 30.6 Å². The van der Waals surface area contributed by atoms with Gasteiger partial charge < -0.3 is 48.5 Å². The molecule has 6 rings (SSSR count). The molecule has 74 heavy (non-hydrogen) atoms. The molecule has 0 aliphatic carbocycles. The average molecular weight is 1040 g/mol. The molecular weight excluding hydrogens is 951 g/mol. The van der Waals surface area contributed by atoms with E-state index < -0.39 is 95.6 Å². The van der Waals surface area contributed by atoms with Gasteiger partial charge in [0.25, 0.3) is 5.56 Å². The molecule has 3 N–H and O–H groups in total. The summed E-state index contributed by atoms with van der Waals surface area (Å²) in [5.74, 6) is -4.34. The van der Waals surface area contributed by atoms with Crippen molar-refractivity contribution in [3.05, 3.63) is 76.0 Å². The lowest BCUT2D eigenvalue weighted by atomic mass is 9.74. The number of ketones is 1. The minimum Gasteiger partial charge on any atom is -0.459 e. The summed E-state index contributed by atoms with van der Waals surface area (Å²) in [5.41, 5.74) is -0.369. The minimum atomic E-state index is -1.97. The van der Waals surface area contributed by atoms with Gasteiger partial charge in [0.1, 0.15) is 23.6 Å². The van der Waals surface area contributed by atoms with Gasteiger partial charge in [-0.15, -0.1) is 5.10 Å². The summed E-state index contributed by atoms with van der Waals surface area (Å²) in [6.45, 7) is 20.7. The fourth-order valence-corrected chi connectivity index (χ4v) is 11.6. The Morgan fingerprint density at radius 2 is 1.51 bits per heavy atom. The van der Waals surface area contributed by atoms with E-state index >= 15 is 0 Å². The molecule has 5 heterocycles. The summed E-state index contributed by atoms with van der Waals surface area (Å²) in [4.78, 5) is 43.4. The summed E-state index contributed by atoms with van der Waals surface area (Å²) >= 11 is 0. The Morgan fingerprint density at radius 1 is 0.824 bits per heavy atom. The molecule has 18 nitrogen and oxygen atoms in total. The van der Waals surface area contributed by atoms with Crippen molar-refractivity contribution in [1.29, 1.82) is 0 Å². The number of cyclic esters (lactones) is 1. The van der Waals surface area contributed by atoms with Gasteiger partial charge in [0, 0.05) is 88.1 Å². The Balaban J connectivity index is 1.19.